The number of hydrogen-bond acceptors (Lipinski definition) is 4. The molecule has 0 saturated carbocycles. The van der Waals surface area contributed by atoms with Gasteiger partial charge in [-0.1, -0.05) is 12.1 Å². The predicted molar refractivity (Wildman–Crippen MR) is 121 cm³/mol. The van der Waals surface area contributed by atoms with Crippen LogP contribution >= 0.6 is 0 Å². The summed E-state index contributed by atoms with van der Waals surface area (Å²) >= 11 is 0. The van der Waals surface area contributed by atoms with Gasteiger partial charge in [-0.05, 0) is 55.5 Å². The van der Waals surface area contributed by atoms with Gasteiger partial charge in [0.2, 0.25) is 0 Å². The van der Waals surface area contributed by atoms with Gasteiger partial charge in [-0.2, -0.15) is 17.6 Å². The van der Waals surface area contributed by atoms with Crippen LogP contribution in [0.5, 0.6) is 5.75 Å². The lowest BCUT2D eigenvalue weighted by molar-refractivity contribution is -0.301. The normalized spacial score (nSPS) is 11.9. The first-order valence-electron chi connectivity index (χ1n) is 10.4. The van der Waals surface area contributed by atoms with E-state index in [1.54, 1.807) is 60.1 Å². The van der Waals surface area contributed by atoms with Gasteiger partial charge in [-0.15, -0.1) is 0 Å². The summed E-state index contributed by atoms with van der Waals surface area (Å²) in [6.45, 7) is 1.83. The van der Waals surface area contributed by atoms with Gasteiger partial charge in [0.1, 0.15) is 11.4 Å². The van der Waals surface area contributed by atoms with E-state index in [4.69, 9.17) is 0 Å². The van der Waals surface area contributed by atoms with Crippen molar-refractivity contribution in [2.24, 2.45) is 0 Å². The van der Waals surface area contributed by atoms with Crippen molar-refractivity contribution in [3.05, 3.63) is 84.4 Å². The summed E-state index contributed by atoms with van der Waals surface area (Å²) in [5.41, 5.74) is 2.78. The van der Waals surface area contributed by atoms with Crippen molar-refractivity contribution in [1.82, 2.24) is 9.38 Å². The molecule has 180 valence electrons. The number of rotatable bonds is 7. The van der Waals surface area contributed by atoms with Gasteiger partial charge >= 0.3 is 12.0 Å². The molecule has 3 heterocycles. The smallest absolute Gasteiger partial charge is 0.428 e. The van der Waals surface area contributed by atoms with Crippen molar-refractivity contribution in [1.29, 1.82) is 0 Å². The Labute approximate surface area is 197 Å². The number of amides is 1. The van der Waals surface area contributed by atoms with Gasteiger partial charge < -0.3 is 14.5 Å². The van der Waals surface area contributed by atoms with Crippen LogP contribution in [0.15, 0.2) is 73.1 Å². The molecule has 0 aliphatic rings. The summed E-state index contributed by atoms with van der Waals surface area (Å²) < 4.78 is 58.5. The van der Waals surface area contributed by atoms with Gasteiger partial charge in [-0.3, -0.25) is 14.6 Å². The number of anilines is 1. The van der Waals surface area contributed by atoms with Crippen molar-refractivity contribution in [2.75, 3.05) is 5.32 Å². The summed E-state index contributed by atoms with van der Waals surface area (Å²) in [5.74, 6) is -6.74. The maximum absolute atomic E-state index is 13.4. The number of carbonyl (C=O) groups is 2. The first-order valence-corrected chi connectivity index (χ1v) is 10.4. The quantitative estimate of drug-likeness (QED) is 0.205. The average molecular weight is 485 g/mol. The van der Waals surface area contributed by atoms with Crippen LogP contribution in [0, 0.1) is 6.92 Å². The number of alkyl halides is 4. The van der Waals surface area contributed by atoms with E-state index in [0.717, 1.165) is 24.3 Å². The molecule has 0 fully saturated rings. The van der Waals surface area contributed by atoms with Gasteiger partial charge in [0.05, 0.1) is 0 Å². The fourth-order valence-corrected chi connectivity index (χ4v) is 3.47. The number of nitrogens with one attached hydrogen (secondary N) is 1. The number of Topliss-reactive ketones (excluding diaryl/α,β-unsaturated/α-hetero) is 1. The average Bonchev–Trinajstić information content (AvgIpc) is 3.18. The Balaban J connectivity index is 1.60. The zero-order valence-electron chi connectivity index (χ0n) is 18.6. The van der Waals surface area contributed by atoms with Gasteiger partial charge in [0.15, 0.2) is 0 Å². The van der Waals surface area contributed by atoms with Crippen molar-refractivity contribution >= 4 is 22.9 Å². The number of ether oxygens (including phenoxy) is 1. The van der Waals surface area contributed by atoms with Crippen LogP contribution < -0.4 is 10.1 Å². The number of halogens is 4. The first kappa shape index (κ1) is 23.9. The van der Waals surface area contributed by atoms with Crippen LogP contribution in [0.1, 0.15) is 23.1 Å². The van der Waals surface area contributed by atoms with Crippen LogP contribution in [-0.4, -0.2) is 33.1 Å². The van der Waals surface area contributed by atoms with E-state index < -0.39 is 29.5 Å². The van der Waals surface area contributed by atoms with Gasteiger partial charge in [0, 0.05) is 47.3 Å². The summed E-state index contributed by atoms with van der Waals surface area (Å²) in [6, 6.07) is 14.9. The molecule has 0 aliphatic carbocycles. The molecule has 0 spiro atoms. The number of pyridine rings is 2. The predicted octanol–water partition coefficient (Wildman–Crippen LogP) is 5.76. The lowest BCUT2D eigenvalue weighted by Gasteiger charge is -2.23. The molecule has 0 bridgehead atoms. The number of carbonyl (C=O) groups excluding carboxylic acids is 2. The highest BCUT2D eigenvalue weighted by molar-refractivity contribution is 6.47. The number of aryl methyl sites for hydroxylation is 1. The highest BCUT2D eigenvalue weighted by Gasteiger charge is 2.55. The fraction of sp³-hybridized carbons (Fsp3) is 0.160. The molecule has 35 heavy (non-hydrogen) atoms. The molecule has 3 aromatic heterocycles. The topological polar surface area (TPSA) is 72.7 Å². The third-order valence-electron chi connectivity index (χ3n) is 5.27. The molecular weight excluding hydrogens is 466 g/mol. The maximum atomic E-state index is 13.4. The summed E-state index contributed by atoms with van der Waals surface area (Å²) in [7, 11) is 0. The Kier molecular flexibility index (Phi) is 6.06. The second-order valence-electron chi connectivity index (χ2n) is 7.85. The van der Waals surface area contributed by atoms with Gasteiger partial charge in [0.25, 0.3) is 11.7 Å². The van der Waals surface area contributed by atoms with E-state index in [1.807, 2.05) is 0 Å². The fourth-order valence-electron chi connectivity index (χ4n) is 3.47. The summed E-state index contributed by atoms with van der Waals surface area (Å²) in [6.07, 6.45) is -1.45. The zero-order valence-corrected chi connectivity index (χ0v) is 18.6. The lowest BCUT2D eigenvalue weighted by Crippen LogP contribution is -2.42. The first-order chi connectivity index (χ1) is 16.5. The SMILES string of the molecule is Cc1ncccc1-c1cc2ccccn2c1C(=O)C(=O)Nc1ccc(OC(F)(F)C(C)(F)F)cc1. The summed E-state index contributed by atoms with van der Waals surface area (Å²) in [4.78, 5) is 30.3. The number of fused-ring (bicyclic) bond motifs is 1. The minimum absolute atomic E-state index is 0.0414. The molecule has 0 unspecified atom stereocenters. The maximum Gasteiger partial charge on any atom is 0.463 e. The van der Waals surface area contributed by atoms with E-state index in [0.29, 0.717) is 22.3 Å². The Morgan fingerprint density at radius 3 is 2.34 bits per heavy atom. The number of nitrogens with zero attached hydrogens (tertiary/aromatic N) is 2. The molecule has 1 N–H and O–H groups in total. The minimum Gasteiger partial charge on any atom is -0.428 e. The standard InChI is InChI=1S/C25H19F4N3O3/c1-15-19(7-5-12-30-15)20-14-17-6-3-4-13-32(17)21(20)22(33)23(34)31-16-8-10-18(11-9-16)35-25(28,29)24(2,26)27/h3-14H,1-2H3,(H,31,34). The van der Waals surface area contributed by atoms with Gasteiger partial charge in [-0.25, -0.2) is 0 Å². The molecule has 6 nitrogen and oxygen atoms in total. The lowest BCUT2D eigenvalue weighted by atomic mass is 10.0. The summed E-state index contributed by atoms with van der Waals surface area (Å²) in [5, 5.41) is 2.40. The molecule has 10 heteroatoms. The largest absolute Gasteiger partial charge is 0.463 e. The molecular formula is C25H19F4N3O3. The molecule has 0 atom stereocenters. The van der Waals surface area contributed by atoms with E-state index in [1.165, 1.54) is 0 Å². The zero-order chi connectivity index (χ0) is 25.4. The molecule has 1 amide bonds. The number of benzene rings is 1. The second-order valence-corrected chi connectivity index (χ2v) is 7.85. The van der Waals surface area contributed by atoms with E-state index in [2.05, 4.69) is 15.0 Å². The Hall–Kier alpha value is -4.21. The van der Waals surface area contributed by atoms with Crippen LogP contribution in [0.3, 0.4) is 0 Å². The minimum atomic E-state index is -4.72. The third-order valence-corrected chi connectivity index (χ3v) is 5.27. The van der Waals surface area contributed by atoms with Crippen LogP contribution in [0.4, 0.5) is 23.2 Å². The molecule has 4 rings (SSSR count). The van der Waals surface area contributed by atoms with Crippen LogP contribution in [0.2, 0.25) is 0 Å². The monoisotopic (exact) mass is 485 g/mol. The van der Waals surface area contributed by atoms with Crippen LogP contribution in [-0.2, 0) is 4.79 Å². The number of hydrogen-bond donors (Lipinski definition) is 1. The Morgan fingerprint density at radius 1 is 0.971 bits per heavy atom. The number of aromatic nitrogens is 2. The molecule has 0 saturated heterocycles. The van der Waals surface area contributed by atoms with E-state index >= 15 is 0 Å². The second kappa shape index (κ2) is 8.86. The molecule has 1 aromatic carbocycles. The van der Waals surface area contributed by atoms with E-state index in [9.17, 15) is 27.2 Å². The Morgan fingerprint density at radius 2 is 1.69 bits per heavy atom. The molecule has 4 aromatic rings. The highest BCUT2D eigenvalue weighted by atomic mass is 19.3. The van der Waals surface area contributed by atoms with Crippen molar-refractivity contribution in [2.45, 2.75) is 25.9 Å². The van der Waals surface area contributed by atoms with Crippen molar-refractivity contribution in [3.63, 3.8) is 0 Å². The highest BCUT2D eigenvalue weighted by Crippen LogP contribution is 2.36. The van der Waals surface area contributed by atoms with Crippen molar-refractivity contribution < 1.29 is 31.9 Å². The van der Waals surface area contributed by atoms with Crippen molar-refractivity contribution in [3.8, 4) is 16.9 Å². The third kappa shape index (κ3) is 4.72. The Bertz CT molecular complexity index is 1410. The van der Waals surface area contributed by atoms with E-state index in [-0.39, 0.29) is 18.3 Å². The van der Waals surface area contributed by atoms with Crippen LogP contribution in [0.25, 0.3) is 16.6 Å². The molecule has 0 aliphatic heterocycles. The molecule has 0 radical (unpaired) electrons. The number of ketones is 1.